The van der Waals surface area contributed by atoms with E-state index in [1.807, 2.05) is 37.3 Å². The van der Waals surface area contributed by atoms with E-state index in [1.54, 1.807) is 4.90 Å². The molecule has 1 N–H and O–H groups in total. The Morgan fingerprint density at radius 1 is 1.21 bits per heavy atom. The van der Waals surface area contributed by atoms with Crippen LogP contribution < -0.4 is 0 Å². The van der Waals surface area contributed by atoms with Crippen LogP contribution in [-0.2, 0) is 12.7 Å². The number of nitrogens with zero attached hydrogens (tertiary/aromatic N) is 2. The predicted molar refractivity (Wildman–Crippen MR) is 84.3 cm³/mol. The number of aromatic amines is 1. The summed E-state index contributed by atoms with van der Waals surface area (Å²) in [6, 6.07) is 10.1. The molecule has 24 heavy (non-hydrogen) atoms. The molecule has 7 heteroatoms. The summed E-state index contributed by atoms with van der Waals surface area (Å²) < 4.78 is 38.0. The molecule has 4 nitrogen and oxygen atoms in total. The molecular weight excluding hydrogens is 319 g/mol. The van der Waals surface area contributed by atoms with Crippen LogP contribution in [0, 0.1) is 0 Å². The van der Waals surface area contributed by atoms with Crippen LogP contribution in [0.5, 0.6) is 0 Å². The van der Waals surface area contributed by atoms with Gasteiger partial charge in [0.15, 0.2) is 5.69 Å². The molecule has 1 heterocycles. The molecule has 2 aromatic rings. The van der Waals surface area contributed by atoms with Gasteiger partial charge < -0.3 is 4.90 Å². The van der Waals surface area contributed by atoms with Gasteiger partial charge in [-0.3, -0.25) is 9.89 Å². The second kappa shape index (κ2) is 7.99. The number of amides is 1. The third-order valence-electron chi connectivity index (χ3n) is 3.63. The molecule has 0 aliphatic rings. The van der Waals surface area contributed by atoms with Crippen molar-refractivity contribution < 1.29 is 18.0 Å². The monoisotopic (exact) mass is 339 g/mol. The molecule has 1 aromatic carbocycles. The van der Waals surface area contributed by atoms with E-state index in [-0.39, 0.29) is 5.69 Å². The first-order valence-corrected chi connectivity index (χ1v) is 7.87. The highest BCUT2D eigenvalue weighted by Crippen LogP contribution is 2.28. The van der Waals surface area contributed by atoms with Gasteiger partial charge in [0, 0.05) is 19.2 Å². The van der Waals surface area contributed by atoms with E-state index in [0.717, 1.165) is 30.9 Å². The minimum atomic E-state index is -4.57. The molecule has 0 unspecified atom stereocenters. The number of hydrogen-bond donors (Lipinski definition) is 1. The van der Waals surface area contributed by atoms with Crippen LogP contribution in [0.15, 0.2) is 36.4 Å². The Morgan fingerprint density at radius 2 is 1.92 bits per heavy atom. The zero-order chi connectivity index (χ0) is 17.6. The minimum Gasteiger partial charge on any atom is -0.333 e. The number of alkyl halides is 3. The molecule has 0 saturated carbocycles. The van der Waals surface area contributed by atoms with Crippen molar-refractivity contribution >= 4 is 5.91 Å². The van der Waals surface area contributed by atoms with E-state index < -0.39 is 17.8 Å². The van der Waals surface area contributed by atoms with E-state index in [2.05, 4.69) is 10.2 Å². The summed E-state index contributed by atoms with van der Waals surface area (Å²) in [7, 11) is 0. The molecule has 1 aromatic heterocycles. The standard InChI is InChI=1S/C17H20F3N3O/c1-2-3-7-10-23(12-13-8-5-4-6-9-13)16(24)14-11-15(22-21-14)17(18,19)20/h4-6,8-9,11H,2-3,7,10,12H2,1H3,(H,21,22). The molecule has 0 bridgehead atoms. The number of halogens is 3. The van der Waals surface area contributed by atoms with E-state index in [0.29, 0.717) is 13.1 Å². The smallest absolute Gasteiger partial charge is 0.333 e. The van der Waals surface area contributed by atoms with Crippen molar-refractivity contribution in [2.24, 2.45) is 0 Å². The SMILES string of the molecule is CCCCCN(Cc1ccccc1)C(=O)c1cc(C(F)(F)F)n[nH]1. The quantitative estimate of drug-likeness (QED) is 0.766. The van der Waals surface area contributed by atoms with E-state index in [1.165, 1.54) is 0 Å². The molecule has 130 valence electrons. The van der Waals surface area contributed by atoms with Gasteiger partial charge in [-0.15, -0.1) is 0 Å². The van der Waals surface area contributed by atoms with E-state index in [9.17, 15) is 18.0 Å². The Bertz CT molecular complexity index is 653. The lowest BCUT2D eigenvalue weighted by Gasteiger charge is -2.22. The van der Waals surface area contributed by atoms with Crippen molar-refractivity contribution in [2.45, 2.75) is 38.9 Å². The maximum absolute atomic E-state index is 12.7. The van der Waals surface area contributed by atoms with Crippen molar-refractivity contribution in [1.29, 1.82) is 0 Å². The lowest BCUT2D eigenvalue weighted by molar-refractivity contribution is -0.141. The van der Waals surface area contributed by atoms with Crippen LogP contribution in [0.1, 0.15) is 47.9 Å². The van der Waals surface area contributed by atoms with Gasteiger partial charge in [0.25, 0.3) is 5.91 Å². The number of unbranched alkanes of at least 4 members (excludes halogenated alkanes) is 2. The Morgan fingerprint density at radius 3 is 2.50 bits per heavy atom. The maximum atomic E-state index is 12.7. The van der Waals surface area contributed by atoms with Crippen molar-refractivity contribution in [3.8, 4) is 0 Å². The number of nitrogens with one attached hydrogen (secondary N) is 1. The third kappa shape index (κ3) is 4.84. The van der Waals surface area contributed by atoms with Gasteiger partial charge in [-0.25, -0.2) is 0 Å². The molecule has 0 radical (unpaired) electrons. The van der Waals surface area contributed by atoms with Crippen LogP contribution in [0.2, 0.25) is 0 Å². The first-order chi connectivity index (χ1) is 11.4. The molecule has 2 rings (SSSR count). The average Bonchev–Trinajstić information content (AvgIpc) is 3.05. The Hall–Kier alpha value is -2.31. The Balaban J connectivity index is 2.15. The predicted octanol–water partition coefficient (Wildman–Crippen LogP) is 4.26. The lowest BCUT2D eigenvalue weighted by atomic mass is 10.2. The molecule has 1 amide bonds. The van der Waals surface area contributed by atoms with Crippen LogP contribution in [0.4, 0.5) is 13.2 Å². The Labute approximate surface area is 138 Å². The van der Waals surface area contributed by atoms with Crippen molar-refractivity contribution in [2.75, 3.05) is 6.54 Å². The second-order valence-electron chi connectivity index (χ2n) is 5.58. The average molecular weight is 339 g/mol. The van der Waals surface area contributed by atoms with Crippen LogP contribution in [0.3, 0.4) is 0 Å². The number of H-pyrrole nitrogens is 1. The maximum Gasteiger partial charge on any atom is 0.435 e. The highest BCUT2D eigenvalue weighted by atomic mass is 19.4. The molecule has 0 aliphatic heterocycles. The summed E-state index contributed by atoms with van der Waals surface area (Å²) in [4.78, 5) is 14.1. The fraction of sp³-hybridized carbons (Fsp3) is 0.412. The fourth-order valence-electron chi connectivity index (χ4n) is 2.36. The lowest BCUT2D eigenvalue weighted by Crippen LogP contribution is -2.31. The zero-order valence-corrected chi connectivity index (χ0v) is 13.4. The first-order valence-electron chi connectivity index (χ1n) is 7.87. The van der Waals surface area contributed by atoms with Gasteiger partial charge in [-0.1, -0.05) is 50.1 Å². The molecule has 0 aliphatic carbocycles. The molecule has 0 spiro atoms. The van der Waals surface area contributed by atoms with Gasteiger partial charge in [0.2, 0.25) is 0 Å². The number of carbonyl (C=O) groups excluding carboxylic acids is 1. The number of rotatable bonds is 7. The summed E-state index contributed by atoms with van der Waals surface area (Å²) in [6.07, 6.45) is -1.82. The molecule has 0 saturated heterocycles. The molecular formula is C17H20F3N3O. The number of benzene rings is 1. The summed E-state index contributed by atoms with van der Waals surface area (Å²) in [5.74, 6) is -0.474. The Kier molecular flexibility index (Phi) is 6.00. The molecule has 0 fully saturated rings. The van der Waals surface area contributed by atoms with E-state index in [4.69, 9.17) is 0 Å². The molecule has 0 atom stereocenters. The van der Waals surface area contributed by atoms with E-state index >= 15 is 0 Å². The number of hydrogen-bond acceptors (Lipinski definition) is 2. The largest absolute Gasteiger partial charge is 0.435 e. The topological polar surface area (TPSA) is 49.0 Å². The number of aromatic nitrogens is 2. The minimum absolute atomic E-state index is 0.144. The fourth-order valence-corrected chi connectivity index (χ4v) is 2.36. The zero-order valence-electron chi connectivity index (χ0n) is 13.4. The van der Waals surface area contributed by atoms with Gasteiger partial charge in [0.1, 0.15) is 5.69 Å². The van der Waals surface area contributed by atoms with Crippen LogP contribution >= 0.6 is 0 Å². The highest BCUT2D eigenvalue weighted by Gasteiger charge is 2.35. The van der Waals surface area contributed by atoms with Crippen molar-refractivity contribution in [3.05, 3.63) is 53.3 Å². The van der Waals surface area contributed by atoms with Gasteiger partial charge >= 0.3 is 6.18 Å². The van der Waals surface area contributed by atoms with Crippen molar-refractivity contribution in [1.82, 2.24) is 15.1 Å². The van der Waals surface area contributed by atoms with Gasteiger partial charge in [-0.2, -0.15) is 18.3 Å². The summed E-state index contributed by atoms with van der Waals surface area (Å²) in [6.45, 7) is 2.89. The van der Waals surface area contributed by atoms with Crippen LogP contribution in [-0.4, -0.2) is 27.5 Å². The van der Waals surface area contributed by atoms with Gasteiger partial charge in [0.05, 0.1) is 0 Å². The normalized spacial score (nSPS) is 11.5. The number of carbonyl (C=O) groups is 1. The third-order valence-corrected chi connectivity index (χ3v) is 3.63. The second-order valence-corrected chi connectivity index (χ2v) is 5.58. The van der Waals surface area contributed by atoms with Crippen molar-refractivity contribution in [3.63, 3.8) is 0 Å². The van der Waals surface area contributed by atoms with Crippen LogP contribution in [0.25, 0.3) is 0 Å². The summed E-state index contributed by atoms with van der Waals surface area (Å²) in [5, 5.41) is 5.40. The summed E-state index contributed by atoms with van der Waals surface area (Å²) >= 11 is 0. The van der Waals surface area contributed by atoms with Gasteiger partial charge in [-0.05, 0) is 12.0 Å². The first kappa shape index (κ1) is 18.0. The highest BCUT2D eigenvalue weighted by molar-refractivity contribution is 5.92. The summed E-state index contributed by atoms with van der Waals surface area (Å²) in [5.41, 5.74) is -0.299.